The average molecular weight is 193 g/mol. The van der Waals surface area contributed by atoms with Crippen molar-refractivity contribution in [2.75, 3.05) is 5.73 Å². The van der Waals surface area contributed by atoms with E-state index in [4.69, 9.17) is 5.73 Å². The van der Waals surface area contributed by atoms with Crippen molar-refractivity contribution in [2.24, 2.45) is 0 Å². The van der Waals surface area contributed by atoms with Crippen LogP contribution in [0.1, 0.15) is 19.5 Å². The lowest BCUT2D eigenvalue weighted by atomic mass is 10.2. The Labute approximate surface area is 82.2 Å². The van der Waals surface area contributed by atoms with Crippen molar-refractivity contribution in [3.8, 4) is 0 Å². The molecule has 0 aliphatic heterocycles. The smallest absolute Gasteiger partial charge is 0.146 e. The monoisotopic (exact) mass is 193 g/mol. The van der Waals surface area contributed by atoms with Gasteiger partial charge in [0.2, 0.25) is 0 Å². The number of nitrogens with two attached hydrogens (primary N) is 1. The predicted molar refractivity (Wildman–Crippen MR) is 55.0 cm³/mol. The molecule has 3 nitrogen and oxygen atoms in total. The van der Waals surface area contributed by atoms with Crippen LogP contribution in [0.25, 0.3) is 5.57 Å². The van der Waals surface area contributed by atoms with Gasteiger partial charge >= 0.3 is 0 Å². The van der Waals surface area contributed by atoms with E-state index < -0.39 is 0 Å². The summed E-state index contributed by atoms with van der Waals surface area (Å²) < 4.78 is 12.4. The number of hydrogen-bond donors (Lipinski definition) is 1. The van der Waals surface area contributed by atoms with Crippen LogP contribution in [0.3, 0.4) is 0 Å². The third-order valence-corrected chi connectivity index (χ3v) is 1.65. The first-order valence-electron chi connectivity index (χ1n) is 4.20. The molecule has 0 saturated heterocycles. The highest BCUT2D eigenvalue weighted by molar-refractivity contribution is 5.62. The molecule has 4 heteroatoms. The second-order valence-corrected chi connectivity index (χ2v) is 2.95. The standard InChI is InChI=1S/C10H12FN3/c1-7(3-4-8(2)11)9-5-6-10(12)14-13-9/h3-6H,1-2H3,(H2,12,14)/b7-3+,8-4+. The fraction of sp³-hybridized carbons (Fsp3) is 0.200. The van der Waals surface area contributed by atoms with Gasteiger partial charge in [0.15, 0.2) is 0 Å². The van der Waals surface area contributed by atoms with E-state index in [1.54, 1.807) is 18.2 Å². The lowest BCUT2D eigenvalue weighted by Crippen LogP contribution is -1.95. The van der Waals surface area contributed by atoms with Crippen LogP contribution in [-0.4, -0.2) is 10.2 Å². The van der Waals surface area contributed by atoms with Crippen molar-refractivity contribution in [1.29, 1.82) is 0 Å². The molecule has 0 bridgehead atoms. The highest BCUT2D eigenvalue weighted by Gasteiger charge is 1.96. The highest BCUT2D eigenvalue weighted by atomic mass is 19.1. The van der Waals surface area contributed by atoms with Gasteiger partial charge in [-0.2, -0.15) is 0 Å². The van der Waals surface area contributed by atoms with Crippen molar-refractivity contribution in [2.45, 2.75) is 13.8 Å². The molecule has 0 aromatic carbocycles. The first-order chi connectivity index (χ1) is 6.59. The van der Waals surface area contributed by atoms with Gasteiger partial charge < -0.3 is 5.73 Å². The fourth-order valence-corrected chi connectivity index (χ4v) is 0.878. The van der Waals surface area contributed by atoms with Gasteiger partial charge in [-0.05, 0) is 37.6 Å². The SMILES string of the molecule is C/C(F)=C\C=C(/C)c1ccc(N)nn1. The van der Waals surface area contributed by atoms with Crippen LogP contribution in [-0.2, 0) is 0 Å². The number of hydrogen-bond acceptors (Lipinski definition) is 3. The third-order valence-electron chi connectivity index (χ3n) is 1.65. The van der Waals surface area contributed by atoms with Crippen LogP contribution < -0.4 is 5.73 Å². The molecular weight excluding hydrogens is 181 g/mol. The number of rotatable bonds is 2. The number of aromatic nitrogens is 2. The van der Waals surface area contributed by atoms with Crippen LogP contribution in [0.4, 0.5) is 10.2 Å². The van der Waals surface area contributed by atoms with Crippen LogP contribution in [0.5, 0.6) is 0 Å². The van der Waals surface area contributed by atoms with Gasteiger partial charge in [0, 0.05) is 0 Å². The molecule has 0 aliphatic rings. The first-order valence-corrected chi connectivity index (χ1v) is 4.20. The summed E-state index contributed by atoms with van der Waals surface area (Å²) in [6.07, 6.45) is 3.03. The molecule has 2 N–H and O–H groups in total. The van der Waals surface area contributed by atoms with Gasteiger partial charge in [-0.1, -0.05) is 6.08 Å². The van der Waals surface area contributed by atoms with E-state index in [0.717, 1.165) is 5.57 Å². The molecule has 1 rings (SSSR count). The van der Waals surface area contributed by atoms with Gasteiger partial charge in [0.25, 0.3) is 0 Å². The minimum atomic E-state index is -0.243. The summed E-state index contributed by atoms with van der Waals surface area (Å²) in [5, 5.41) is 7.56. The van der Waals surface area contributed by atoms with Crippen LogP contribution >= 0.6 is 0 Å². The number of nitrogens with zero attached hydrogens (tertiary/aromatic N) is 2. The Hall–Kier alpha value is -1.71. The molecule has 0 radical (unpaired) electrons. The number of allylic oxidation sites excluding steroid dienone is 4. The van der Waals surface area contributed by atoms with E-state index in [2.05, 4.69) is 10.2 Å². The summed E-state index contributed by atoms with van der Waals surface area (Å²) in [7, 11) is 0. The molecule has 1 aromatic heterocycles. The minimum absolute atomic E-state index is 0.243. The Morgan fingerprint density at radius 1 is 1.29 bits per heavy atom. The zero-order valence-electron chi connectivity index (χ0n) is 8.16. The average Bonchev–Trinajstić information content (AvgIpc) is 2.15. The Kier molecular flexibility index (Phi) is 3.34. The summed E-state index contributed by atoms with van der Waals surface area (Å²) in [5.74, 6) is 0.131. The summed E-state index contributed by atoms with van der Waals surface area (Å²) in [6, 6.07) is 3.40. The normalized spacial score (nSPS) is 13.1. The zero-order chi connectivity index (χ0) is 10.6. The second kappa shape index (κ2) is 4.50. The Morgan fingerprint density at radius 3 is 2.50 bits per heavy atom. The molecule has 0 fully saturated rings. The van der Waals surface area contributed by atoms with Crippen molar-refractivity contribution in [3.05, 3.63) is 35.8 Å². The number of nitrogen functional groups attached to an aromatic ring is 1. The fourth-order valence-electron chi connectivity index (χ4n) is 0.878. The molecule has 1 aromatic rings. The molecule has 0 saturated carbocycles. The van der Waals surface area contributed by atoms with Gasteiger partial charge in [0.1, 0.15) is 5.82 Å². The molecule has 0 aliphatic carbocycles. The number of anilines is 1. The molecule has 0 spiro atoms. The van der Waals surface area contributed by atoms with Gasteiger partial charge in [-0.15, -0.1) is 10.2 Å². The first kappa shape index (κ1) is 10.4. The zero-order valence-corrected chi connectivity index (χ0v) is 8.16. The second-order valence-electron chi connectivity index (χ2n) is 2.95. The summed E-state index contributed by atoms with van der Waals surface area (Å²) in [6.45, 7) is 3.22. The van der Waals surface area contributed by atoms with E-state index in [-0.39, 0.29) is 5.83 Å². The molecule has 14 heavy (non-hydrogen) atoms. The topological polar surface area (TPSA) is 51.8 Å². The molecule has 0 atom stereocenters. The molecular formula is C10H12FN3. The number of halogens is 1. The van der Waals surface area contributed by atoms with Gasteiger partial charge in [0.05, 0.1) is 11.5 Å². The van der Waals surface area contributed by atoms with Crippen LogP contribution in [0.2, 0.25) is 0 Å². The highest BCUT2D eigenvalue weighted by Crippen LogP contribution is 2.11. The maximum absolute atomic E-state index is 12.4. The van der Waals surface area contributed by atoms with Gasteiger partial charge in [-0.25, -0.2) is 4.39 Å². The summed E-state index contributed by atoms with van der Waals surface area (Å²) in [4.78, 5) is 0. The summed E-state index contributed by atoms with van der Waals surface area (Å²) in [5.41, 5.74) is 6.92. The van der Waals surface area contributed by atoms with Crippen molar-refractivity contribution in [1.82, 2.24) is 10.2 Å². The lowest BCUT2D eigenvalue weighted by molar-refractivity contribution is 0.640. The largest absolute Gasteiger partial charge is 0.382 e. The van der Waals surface area contributed by atoms with Crippen molar-refractivity contribution >= 4 is 11.4 Å². The summed E-state index contributed by atoms with van der Waals surface area (Å²) >= 11 is 0. The molecule has 74 valence electrons. The molecule has 0 amide bonds. The third kappa shape index (κ3) is 2.97. The van der Waals surface area contributed by atoms with Crippen molar-refractivity contribution in [3.63, 3.8) is 0 Å². The van der Waals surface area contributed by atoms with E-state index in [0.29, 0.717) is 11.5 Å². The Balaban J connectivity index is 2.89. The van der Waals surface area contributed by atoms with E-state index in [1.165, 1.54) is 13.0 Å². The van der Waals surface area contributed by atoms with E-state index in [1.807, 2.05) is 6.92 Å². The van der Waals surface area contributed by atoms with Gasteiger partial charge in [-0.3, -0.25) is 0 Å². The van der Waals surface area contributed by atoms with Crippen molar-refractivity contribution < 1.29 is 4.39 Å². The Bertz CT molecular complexity index is 361. The minimum Gasteiger partial charge on any atom is -0.382 e. The predicted octanol–water partition coefficient (Wildman–Crippen LogP) is 2.34. The molecule has 1 heterocycles. The van der Waals surface area contributed by atoms with E-state index >= 15 is 0 Å². The quantitative estimate of drug-likeness (QED) is 0.733. The maximum atomic E-state index is 12.4. The Morgan fingerprint density at radius 2 is 2.00 bits per heavy atom. The van der Waals surface area contributed by atoms with E-state index in [9.17, 15) is 4.39 Å². The maximum Gasteiger partial charge on any atom is 0.146 e. The van der Waals surface area contributed by atoms with Crippen LogP contribution in [0, 0.1) is 0 Å². The lowest BCUT2D eigenvalue weighted by Gasteiger charge is -1.97. The van der Waals surface area contributed by atoms with Crippen LogP contribution in [0.15, 0.2) is 30.1 Å². The molecule has 0 unspecified atom stereocenters.